The van der Waals surface area contributed by atoms with E-state index >= 15 is 0 Å². The van der Waals surface area contributed by atoms with Crippen molar-refractivity contribution in [2.45, 2.75) is 56.4 Å². The minimum atomic E-state index is -3.82. The molecule has 2 atom stereocenters. The molecule has 2 fully saturated rings. The van der Waals surface area contributed by atoms with E-state index in [1.807, 2.05) is 24.3 Å². The van der Waals surface area contributed by atoms with E-state index in [1.54, 1.807) is 39.0 Å². The molecule has 0 saturated carbocycles. The first-order valence-electron chi connectivity index (χ1n) is 11.4. The van der Waals surface area contributed by atoms with Crippen molar-refractivity contribution in [3.8, 4) is 0 Å². The molecule has 2 aromatic rings. The van der Waals surface area contributed by atoms with Crippen LogP contribution in [0.4, 0.5) is 4.39 Å². The average molecular weight is 474 g/mol. The second kappa shape index (κ2) is 9.06. The van der Waals surface area contributed by atoms with Crippen LogP contribution in [-0.4, -0.2) is 45.1 Å². The minimum Gasteiger partial charge on any atom is -0.457 e. The fourth-order valence-corrected chi connectivity index (χ4v) is 6.62. The van der Waals surface area contributed by atoms with Gasteiger partial charge in [-0.25, -0.2) is 22.5 Å². The van der Waals surface area contributed by atoms with Gasteiger partial charge in [-0.05, 0) is 76.9 Å². The molecule has 0 spiro atoms. The van der Waals surface area contributed by atoms with Gasteiger partial charge in [-0.15, -0.1) is 0 Å². The van der Waals surface area contributed by atoms with Crippen molar-refractivity contribution in [1.82, 2.24) is 9.62 Å². The van der Waals surface area contributed by atoms with Gasteiger partial charge in [0.15, 0.2) is 0 Å². The number of piperidine rings is 1. The molecule has 2 aliphatic rings. The number of nitrogens with one attached hydrogen (secondary N) is 1. The zero-order valence-corrected chi connectivity index (χ0v) is 20.4. The maximum Gasteiger partial charge on any atom is 0.299 e. The Labute approximate surface area is 195 Å². The molecule has 0 amide bonds. The molecule has 6 nitrogen and oxygen atoms in total. The number of rotatable bonds is 4. The van der Waals surface area contributed by atoms with E-state index in [9.17, 15) is 12.8 Å². The predicted molar refractivity (Wildman–Crippen MR) is 128 cm³/mol. The molecule has 0 radical (unpaired) electrons. The normalized spacial score (nSPS) is 25.2. The van der Waals surface area contributed by atoms with E-state index < -0.39 is 32.7 Å². The van der Waals surface area contributed by atoms with Gasteiger partial charge in [0.2, 0.25) is 10.0 Å². The average Bonchev–Trinajstić information content (AvgIpc) is 2.73. The summed E-state index contributed by atoms with van der Waals surface area (Å²) in [4.78, 5) is 6.66. The zero-order valence-electron chi connectivity index (χ0n) is 19.6. The molecule has 0 aliphatic carbocycles. The Morgan fingerprint density at radius 3 is 2.30 bits per heavy atom. The summed E-state index contributed by atoms with van der Waals surface area (Å²) in [7, 11) is -1.69. The third-order valence-corrected chi connectivity index (χ3v) is 8.55. The Bertz CT molecular complexity index is 1120. The van der Waals surface area contributed by atoms with E-state index in [2.05, 4.69) is 21.7 Å². The maximum atomic E-state index is 14.1. The minimum absolute atomic E-state index is 0.116. The summed E-state index contributed by atoms with van der Waals surface area (Å²) in [6, 6.07) is 13.5. The Morgan fingerprint density at radius 2 is 1.70 bits per heavy atom. The molecular weight excluding hydrogens is 441 g/mol. The van der Waals surface area contributed by atoms with Gasteiger partial charge in [-0.1, -0.05) is 42.5 Å². The van der Waals surface area contributed by atoms with E-state index in [1.165, 1.54) is 11.6 Å². The molecule has 2 aliphatic heterocycles. The van der Waals surface area contributed by atoms with Crippen LogP contribution in [0.2, 0.25) is 0 Å². The molecule has 0 bridgehead atoms. The summed E-state index contributed by atoms with van der Waals surface area (Å²) < 4.78 is 49.1. The third kappa shape index (κ3) is 5.06. The number of benzene rings is 2. The van der Waals surface area contributed by atoms with Crippen molar-refractivity contribution in [2.75, 3.05) is 20.1 Å². The van der Waals surface area contributed by atoms with Crippen LogP contribution in [0.15, 0.2) is 53.5 Å². The fraction of sp³-hybridized carbons (Fsp3) is 0.480. The molecule has 33 heavy (non-hydrogen) atoms. The number of amidine groups is 1. The van der Waals surface area contributed by atoms with Crippen molar-refractivity contribution in [3.63, 3.8) is 0 Å². The lowest BCUT2D eigenvalue weighted by atomic mass is 9.88. The molecule has 1 N–H and O–H groups in total. The van der Waals surface area contributed by atoms with Gasteiger partial charge in [0.1, 0.15) is 16.7 Å². The lowest BCUT2D eigenvalue weighted by Crippen LogP contribution is -2.53. The van der Waals surface area contributed by atoms with E-state index in [0.29, 0.717) is 17.0 Å². The zero-order chi connectivity index (χ0) is 23.8. The van der Waals surface area contributed by atoms with Gasteiger partial charge in [-0.2, -0.15) is 0 Å². The van der Waals surface area contributed by atoms with Crippen molar-refractivity contribution in [1.29, 1.82) is 0 Å². The molecule has 8 heteroatoms. The Morgan fingerprint density at radius 1 is 1.09 bits per heavy atom. The van der Waals surface area contributed by atoms with Crippen LogP contribution in [0.3, 0.4) is 0 Å². The van der Waals surface area contributed by atoms with E-state index in [-0.39, 0.29) is 6.02 Å². The van der Waals surface area contributed by atoms with Crippen molar-refractivity contribution in [2.24, 2.45) is 4.99 Å². The van der Waals surface area contributed by atoms with Gasteiger partial charge >= 0.3 is 0 Å². The monoisotopic (exact) mass is 473 g/mol. The van der Waals surface area contributed by atoms with Gasteiger partial charge in [0.25, 0.3) is 6.02 Å². The first-order valence-corrected chi connectivity index (χ1v) is 12.9. The number of hydrogen-bond acceptors (Lipinski definition) is 5. The summed E-state index contributed by atoms with van der Waals surface area (Å²) in [5.74, 6) is 0.106. The van der Waals surface area contributed by atoms with Crippen LogP contribution in [0.25, 0.3) is 0 Å². The van der Waals surface area contributed by atoms with E-state index in [4.69, 9.17) is 4.74 Å². The molecule has 4 rings (SSSR count). The number of sulfonamides is 1. The van der Waals surface area contributed by atoms with E-state index in [0.717, 1.165) is 25.9 Å². The summed E-state index contributed by atoms with van der Waals surface area (Å²) in [5.41, 5.74) is 1.22. The van der Waals surface area contributed by atoms with Crippen LogP contribution >= 0.6 is 0 Å². The summed E-state index contributed by atoms with van der Waals surface area (Å²) in [5, 5.41) is -0.903. The smallest absolute Gasteiger partial charge is 0.299 e. The van der Waals surface area contributed by atoms with Crippen molar-refractivity contribution in [3.05, 3.63) is 71.0 Å². The fourth-order valence-electron chi connectivity index (χ4n) is 4.86. The lowest BCUT2D eigenvalue weighted by molar-refractivity contribution is 0.0761. The SMILES string of the molecule is CC(N=C1NS(=O)(=O)C(c2ccc(C3CCN(C)CC3)cc2)C(C)(C)O1)c1ccccc1F. The van der Waals surface area contributed by atoms with Crippen LogP contribution in [0, 0.1) is 5.82 Å². The summed E-state index contributed by atoms with van der Waals surface area (Å²) in [6.45, 7) is 7.32. The highest BCUT2D eigenvalue weighted by molar-refractivity contribution is 7.90. The van der Waals surface area contributed by atoms with Gasteiger partial charge in [0.05, 0.1) is 6.04 Å². The number of ether oxygens (including phenoxy) is 1. The Kier molecular flexibility index (Phi) is 6.51. The standard InChI is InChI=1S/C25H32FN3O3S/c1-17(21-7-5-6-8-22(21)26)27-24-28-33(30,31)23(25(2,3)32-24)20-11-9-18(10-12-20)19-13-15-29(4)16-14-19/h5-12,17,19,23H,13-16H2,1-4H3,(H,27,28). The van der Waals surface area contributed by atoms with Gasteiger partial charge < -0.3 is 9.64 Å². The highest BCUT2D eigenvalue weighted by atomic mass is 32.2. The molecule has 2 aromatic carbocycles. The maximum absolute atomic E-state index is 14.1. The molecule has 0 aromatic heterocycles. The van der Waals surface area contributed by atoms with Crippen molar-refractivity contribution < 1.29 is 17.5 Å². The largest absolute Gasteiger partial charge is 0.457 e. The summed E-state index contributed by atoms with van der Waals surface area (Å²) >= 11 is 0. The third-order valence-electron chi connectivity index (χ3n) is 6.63. The van der Waals surface area contributed by atoms with Gasteiger partial charge in [0, 0.05) is 5.56 Å². The molecular formula is C25H32FN3O3S. The molecule has 2 heterocycles. The highest BCUT2D eigenvalue weighted by Gasteiger charge is 2.48. The number of hydrogen-bond donors (Lipinski definition) is 1. The quantitative estimate of drug-likeness (QED) is 0.709. The van der Waals surface area contributed by atoms with Crippen LogP contribution in [0.1, 0.15) is 67.5 Å². The molecule has 2 unspecified atom stereocenters. The first kappa shape index (κ1) is 23.7. The van der Waals surface area contributed by atoms with Crippen LogP contribution in [0.5, 0.6) is 0 Å². The highest BCUT2D eigenvalue weighted by Crippen LogP contribution is 2.40. The number of likely N-dealkylation sites (tertiary alicyclic amines) is 1. The van der Waals surface area contributed by atoms with Crippen molar-refractivity contribution >= 4 is 16.0 Å². The Balaban J connectivity index is 1.56. The number of aliphatic imine (C=N–C) groups is 1. The first-order chi connectivity index (χ1) is 15.6. The Hall–Kier alpha value is -2.45. The van der Waals surface area contributed by atoms with Crippen LogP contribution < -0.4 is 4.72 Å². The topological polar surface area (TPSA) is 71.0 Å². The lowest BCUT2D eigenvalue weighted by Gasteiger charge is -2.39. The number of nitrogens with zero attached hydrogens (tertiary/aromatic N) is 2. The van der Waals surface area contributed by atoms with Gasteiger partial charge in [-0.3, -0.25) is 0 Å². The predicted octanol–water partition coefficient (Wildman–Crippen LogP) is 4.52. The second-order valence-corrected chi connectivity index (χ2v) is 11.4. The summed E-state index contributed by atoms with van der Waals surface area (Å²) in [6.07, 6.45) is 2.21. The molecule has 178 valence electrons. The molecule has 2 saturated heterocycles. The number of halogens is 1. The second-order valence-electron chi connectivity index (χ2n) is 9.61. The van der Waals surface area contributed by atoms with Crippen LogP contribution in [-0.2, 0) is 14.8 Å².